The summed E-state index contributed by atoms with van der Waals surface area (Å²) in [6, 6.07) is 8.22. The van der Waals surface area contributed by atoms with Crippen LogP contribution in [-0.4, -0.2) is 13.2 Å². The fraction of sp³-hybridized carbons (Fsp3) is 0.400. The van der Waals surface area contributed by atoms with Crippen molar-refractivity contribution in [3.8, 4) is 0 Å². The summed E-state index contributed by atoms with van der Waals surface area (Å²) in [5.74, 6) is 0. The van der Waals surface area contributed by atoms with Gasteiger partial charge in [-0.05, 0) is 41.1 Å². The van der Waals surface area contributed by atoms with E-state index >= 15 is 0 Å². The molecule has 0 saturated carbocycles. The average molecular weight is 290 g/mol. The number of hydrogen-bond acceptors (Lipinski definition) is 2. The highest BCUT2D eigenvalue weighted by atomic mass is 127. The Balaban J connectivity index is 2.14. The van der Waals surface area contributed by atoms with Gasteiger partial charge in [0.1, 0.15) is 0 Å². The molecule has 1 aliphatic rings. The molecule has 1 aliphatic heterocycles. The third kappa shape index (κ3) is 2.42. The van der Waals surface area contributed by atoms with E-state index in [1.165, 1.54) is 3.57 Å². The highest BCUT2D eigenvalue weighted by molar-refractivity contribution is 14.1. The van der Waals surface area contributed by atoms with E-state index in [0.29, 0.717) is 0 Å². The fourth-order valence-electron chi connectivity index (χ4n) is 1.33. The average Bonchev–Trinajstić information content (AvgIpc) is 2.19. The Morgan fingerprint density at radius 3 is 2.69 bits per heavy atom. The van der Waals surface area contributed by atoms with Gasteiger partial charge in [-0.15, -0.1) is 0 Å². The predicted octanol–water partition coefficient (Wildman–Crippen LogP) is 2.73. The quantitative estimate of drug-likeness (QED) is 0.740. The summed E-state index contributed by atoms with van der Waals surface area (Å²) >= 11 is 2.29. The molecule has 13 heavy (non-hydrogen) atoms. The lowest BCUT2D eigenvalue weighted by atomic mass is 10.2. The normalized spacial score (nSPS) is 18.8. The molecule has 0 bridgehead atoms. The van der Waals surface area contributed by atoms with Crippen molar-refractivity contribution in [2.45, 2.75) is 12.7 Å². The molecule has 2 nitrogen and oxygen atoms in total. The van der Waals surface area contributed by atoms with Crippen molar-refractivity contribution in [3.05, 3.63) is 33.4 Å². The van der Waals surface area contributed by atoms with E-state index in [-0.39, 0.29) is 6.29 Å². The molecule has 0 N–H and O–H groups in total. The zero-order chi connectivity index (χ0) is 9.10. The van der Waals surface area contributed by atoms with E-state index < -0.39 is 0 Å². The first-order valence-corrected chi connectivity index (χ1v) is 5.43. The van der Waals surface area contributed by atoms with Crippen LogP contribution in [0.4, 0.5) is 0 Å². The molecule has 0 aliphatic carbocycles. The Hall–Kier alpha value is -0.130. The van der Waals surface area contributed by atoms with Gasteiger partial charge in [0.05, 0.1) is 13.2 Å². The number of benzene rings is 1. The maximum atomic E-state index is 5.49. The second-order valence-corrected chi connectivity index (χ2v) is 4.23. The number of halogens is 1. The van der Waals surface area contributed by atoms with Crippen molar-refractivity contribution in [3.63, 3.8) is 0 Å². The van der Waals surface area contributed by atoms with Crippen molar-refractivity contribution in [2.75, 3.05) is 13.2 Å². The molecule has 70 valence electrons. The highest BCUT2D eigenvalue weighted by Gasteiger charge is 2.15. The molecule has 1 saturated heterocycles. The highest BCUT2D eigenvalue weighted by Crippen LogP contribution is 2.23. The van der Waals surface area contributed by atoms with Gasteiger partial charge in [0.15, 0.2) is 6.29 Å². The van der Waals surface area contributed by atoms with Crippen LogP contribution in [0.1, 0.15) is 18.3 Å². The van der Waals surface area contributed by atoms with E-state index in [9.17, 15) is 0 Å². The van der Waals surface area contributed by atoms with Gasteiger partial charge in [-0.2, -0.15) is 0 Å². The van der Waals surface area contributed by atoms with Crippen LogP contribution in [0, 0.1) is 3.57 Å². The standard InChI is InChI=1S/C10H11IO2/c11-9-4-1-3-8(7-9)10-12-5-2-6-13-10/h1,3-4,7,10H,2,5-6H2. The number of hydrogen-bond donors (Lipinski definition) is 0. The van der Waals surface area contributed by atoms with E-state index in [1.807, 2.05) is 12.1 Å². The molecule has 0 unspecified atom stereocenters. The van der Waals surface area contributed by atoms with Crippen molar-refractivity contribution in [1.29, 1.82) is 0 Å². The molecule has 0 spiro atoms. The van der Waals surface area contributed by atoms with Gasteiger partial charge in [0.2, 0.25) is 0 Å². The first-order chi connectivity index (χ1) is 6.36. The molecule has 0 amide bonds. The Labute approximate surface area is 91.4 Å². The zero-order valence-electron chi connectivity index (χ0n) is 7.20. The summed E-state index contributed by atoms with van der Waals surface area (Å²) in [7, 11) is 0. The minimum atomic E-state index is -0.150. The molecule has 1 aromatic carbocycles. The van der Waals surface area contributed by atoms with Crippen molar-refractivity contribution in [2.24, 2.45) is 0 Å². The smallest absolute Gasteiger partial charge is 0.183 e. The molecule has 0 radical (unpaired) electrons. The molecule has 1 aromatic rings. The monoisotopic (exact) mass is 290 g/mol. The first kappa shape index (κ1) is 9.43. The summed E-state index contributed by atoms with van der Waals surface area (Å²) in [5.41, 5.74) is 1.12. The molecule has 3 heteroatoms. The minimum absolute atomic E-state index is 0.150. The van der Waals surface area contributed by atoms with Crippen LogP contribution in [-0.2, 0) is 9.47 Å². The van der Waals surface area contributed by atoms with Crippen LogP contribution in [0.15, 0.2) is 24.3 Å². The summed E-state index contributed by atoms with van der Waals surface area (Å²) in [5, 5.41) is 0. The topological polar surface area (TPSA) is 18.5 Å². The van der Waals surface area contributed by atoms with Crippen molar-refractivity contribution >= 4 is 22.6 Å². The van der Waals surface area contributed by atoms with E-state index in [2.05, 4.69) is 34.7 Å². The lowest BCUT2D eigenvalue weighted by Gasteiger charge is -2.23. The van der Waals surface area contributed by atoms with Crippen LogP contribution in [0.3, 0.4) is 0 Å². The molecular weight excluding hydrogens is 279 g/mol. The third-order valence-corrected chi connectivity index (χ3v) is 2.62. The van der Waals surface area contributed by atoms with Crippen molar-refractivity contribution in [1.82, 2.24) is 0 Å². The van der Waals surface area contributed by atoms with Crippen LogP contribution in [0.2, 0.25) is 0 Å². The molecule has 2 rings (SSSR count). The zero-order valence-corrected chi connectivity index (χ0v) is 9.36. The Morgan fingerprint density at radius 2 is 2.00 bits per heavy atom. The molecule has 1 heterocycles. The summed E-state index contributed by atoms with van der Waals surface area (Å²) in [4.78, 5) is 0. The third-order valence-electron chi connectivity index (χ3n) is 1.95. The van der Waals surface area contributed by atoms with Crippen LogP contribution in [0.5, 0.6) is 0 Å². The molecule has 0 aromatic heterocycles. The van der Waals surface area contributed by atoms with Gasteiger partial charge in [0, 0.05) is 9.13 Å². The minimum Gasteiger partial charge on any atom is -0.348 e. The van der Waals surface area contributed by atoms with Gasteiger partial charge >= 0.3 is 0 Å². The fourth-order valence-corrected chi connectivity index (χ4v) is 1.90. The van der Waals surface area contributed by atoms with E-state index in [4.69, 9.17) is 9.47 Å². The maximum absolute atomic E-state index is 5.49. The second kappa shape index (κ2) is 4.39. The number of rotatable bonds is 1. The lowest BCUT2D eigenvalue weighted by Crippen LogP contribution is -2.17. The second-order valence-electron chi connectivity index (χ2n) is 2.98. The van der Waals surface area contributed by atoms with Crippen LogP contribution >= 0.6 is 22.6 Å². The van der Waals surface area contributed by atoms with Gasteiger partial charge < -0.3 is 9.47 Å². The molecular formula is C10H11IO2. The van der Waals surface area contributed by atoms with E-state index in [0.717, 1.165) is 25.2 Å². The number of ether oxygens (including phenoxy) is 2. The maximum Gasteiger partial charge on any atom is 0.183 e. The molecule has 0 atom stereocenters. The summed E-state index contributed by atoms with van der Waals surface area (Å²) in [6.45, 7) is 1.60. The van der Waals surface area contributed by atoms with Gasteiger partial charge in [-0.25, -0.2) is 0 Å². The Bertz CT molecular complexity index is 282. The van der Waals surface area contributed by atoms with Crippen molar-refractivity contribution < 1.29 is 9.47 Å². The van der Waals surface area contributed by atoms with Gasteiger partial charge in [-0.3, -0.25) is 0 Å². The van der Waals surface area contributed by atoms with Gasteiger partial charge in [0.25, 0.3) is 0 Å². The Kier molecular flexibility index (Phi) is 3.18. The largest absolute Gasteiger partial charge is 0.348 e. The van der Waals surface area contributed by atoms with Crippen LogP contribution in [0.25, 0.3) is 0 Å². The predicted molar refractivity (Wildman–Crippen MR) is 58.4 cm³/mol. The SMILES string of the molecule is Ic1cccc(C2OCCCO2)c1. The van der Waals surface area contributed by atoms with Gasteiger partial charge in [-0.1, -0.05) is 12.1 Å². The van der Waals surface area contributed by atoms with Crippen LogP contribution < -0.4 is 0 Å². The summed E-state index contributed by atoms with van der Waals surface area (Å²) < 4.78 is 12.2. The van der Waals surface area contributed by atoms with E-state index in [1.54, 1.807) is 0 Å². The first-order valence-electron chi connectivity index (χ1n) is 4.35. The summed E-state index contributed by atoms with van der Waals surface area (Å²) in [6.07, 6.45) is 0.851. The lowest BCUT2D eigenvalue weighted by molar-refractivity contribution is -0.183. The molecule has 1 fully saturated rings. The Morgan fingerprint density at radius 1 is 1.23 bits per heavy atom.